The van der Waals surface area contributed by atoms with Gasteiger partial charge in [-0.25, -0.2) is 9.97 Å². The first kappa shape index (κ1) is 14.8. The molecule has 4 rings (SSSR count). The fraction of sp³-hybridized carbons (Fsp3) is 0.333. The Labute approximate surface area is 140 Å². The summed E-state index contributed by atoms with van der Waals surface area (Å²) >= 11 is 0. The molecule has 0 saturated carbocycles. The lowest BCUT2D eigenvalue weighted by Gasteiger charge is -2.15. The number of imidazole rings is 1. The van der Waals surface area contributed by atoms with Gasteiger partial charge in [0.25, 0.3) is 0 Å². The average Bonchev–Trinajstić information content (AvgIpc) is 3.18. The lowest BCUT2D eigenvalue weighted by Crippen LogP contribution is -2.11. The number of anilines is 2. The van der Waals surface area contributed by atoms with Crippen LogP contribution in [0.1, 0.15) is 24.4 Å². The Kier molecular flexibility index (Phi) is 3.72. The minimum absolute atomic E-state index is 0.585. The number of fused-ring (bicyclic) bond motifs is 1. The Morgan fingerprint density at radius 2 is 2.21 bits per heavy atom. The van der Waals surface area contributed by atoms with Crippen molar-refractivity contribution in [2.24, 2.45) is 0 Å². The highest BCUT2D eigenvalue weighted by Gasteiger charge is 2.20. The number of nitrogens with one attached hydrogen (secondary N) is 1. The van der Waals surface area contributed by atoms with Crippen LogP contribution in [-0.4, -0.2) is 21.6 Å². The van der Waals surface area contributed by atoms with Crippen molar-refractivity contribution < 1.29 is 9.15 Å². The molecule has 1 N–H and O–H groups in total. The molecule has 0 radical (unpaired) electrons. The van der Waals surface area contributed by atoms with Gasteiger partial charge in [-0.3, -0.25) is 0 Å². The van der Waals surface area contributed by atoms with Gasteiger partial charge in [0.1, 0.15) is 12.1 Å². The Morgan fingerprint density at radius 1 is 1.29 bits per heavy atom. The Hall–Kier alpha value is -2.76. The number of ether oxygens (including phenoxy) is 1. The summed E-state index contributed by atoms with van der Waals surface area (Å²) in [5, 5.41) is 3.22. The Bertz CT molecular complexity index is 849. The molecule has 0 amide bonds. The van der Waals surface area contributed by atoms with Crippen LogP contribution in [0.2, 0.25) is 0 Å². The monoisotopic (exact) mass is 324 g/mol. The zero-order valence-corrected chi connectivity index (χ0v) is 13.9. The van der Waals surface area contributed by atoms with Crippen LogP contribution in [-0.2, 0) is 13.0 Å². The van der Waals surface area contributed by atoms with E-state index in [1.165, 1.54) is 18.7 Å². The summed E-state index contributed by atoms with van der Waals surface area (Å²) < 4.78 is 13.1. The van der Waals surface area contributed by atoms with E-state index in [4.69, 9.17) is 14.1 Å². The minimum Gasteiger partial charge on any atom is -0.481 e. The molecule has 6 nitrogen and oxygen atoms in total. The minimum atomic E-state index is 0.585. The second kappa shape index (κ2) is 6.03. The largest absolute Gasteiger partial charge is 0.481 e. The van der Waals surface area contributed by atoms with Gasteiger partial charge in [-0.2, -0.15) is 0 Å². The molecule has 3 aromatic heterocycles. The van der Waals surface area contributed by atoms with Gasteiger partial charge in [0.2, 0.25) is 5.88 Å². The quantitative estimate of drug-likeness (QED) is 0.787. The van der Waals surface area contributed by atoms with E-state index in [1.807, 2.05) is 18.2 Å². The van der Waals surface area contributed by atoms with Crippen LogP contribution >= 0.6 is 0 Å². The number of methoxy groups -OCH3 is 1. The molecule has 0 aliphatic carbocycles. The highest BCUT2D eigenvalue weighted by molar-refractivity contribution is 5.67. The van der Waals surface area contributed by atoms with E-state index in [0.717, 1.165) is 35.6 Å². The summed E-state index contributed by atoms with van der Waals surface area (Å²) in [7, 11) is 1.60. The van der Waals surface area contributed by atoms with Gasteiger partial charge in [-0.1, -0.05) is 0 Å². The molecule has 0 atom stereocenters. The van der Waals surface area contributed by atoms with Gasteiger partial charge >= 0.3 is 0 Å². The molecular weight excluding hydrogens is 304 g/mol. The predicted molar refractivity (Wildman–Crippen MR) is 91.7 cm³/mol. The lowest BCUT2D eigenvalue weighted by molar-refractivity contribution is 0.398. The lowest BCUT2D eigenvalue weighted by atomic mass is 10.1. The van der Waals surface area contributed by atoms with E-state index < -0.39 is 0 Å². The van der Waals surface area contributed by atoms with Crippen molar-refractivity contribution in [1.82, 2.24) is 14.5 Å². The SMILES string of the molecule is COc1ccc(Nc2cc(-c3c(C)nc4n3CCCC4)co2)cn1. The summed E-state index contributed by atoms with van der Waals surface area (Å²) in [6.45, 7) is 3.09. The summed E-state index contributed by atoms with van der Waals surface area (Å²) in [6.07, 6.45) is 6.98. The molecule has 4 heterocycles. The number of aromatic nitrogens is 3. The molecule has 1 aliphatic heterocycles. The first-order valence-corrected chi connectivity index (χ1v) is 8.16. The van der Waals surface area contributed by atoms with Crippen molar-refractivity contribution in [3.8, 4) is 17.1 Å². The zero-order chi connectivity index (χ0) is 16.5. The van der Waals surface area contributed by atoms with Gasteiger partial charge < -0.3 is 19.0 Å². The summed E-state index contributed by atoms with van der Waals surface area (Å²) in [4.78, 5) is 8.90. The molecule has 0 bridgehead atoms. The van der Waals surface area contributed by atoms with Crippen LogP contribution in [0, 0.1) is 6.92 Å². The smallest absolute Gasteiger partial charge is 0.213 e. The molecule has 0 spiro atoms. The molecule has 0 saturated heterocycles. The molecule has 1 aliphatic rings. The number of pyridine rings is 1. The highest BCUT2D eigenvalue weighted by Crippen LogP contribution is 2.32. The fourth-order valence-electron chi connectivity index (χ4n) is 3.22. The van der Waals surface area contributed by atoms with Gasteiger partial charge in [0, 0.05) is 30.7 Å². The first-order chi connectivity index (χ1) is 11.7. The van der Waals surface area contributed by atoms with Gasteiger partial charge in [0.15, 0.2) is 5.88 Å². The Morgan fingerprint density at radius 3 is 3.00 bits per heavy atom. The molecule has 0 unspecified atom stereocenters. The van der Waals surface area contributed by atoms with Crippen molar-refractivity contribution in [2.45, 2.75) is 32.7 Å². The summed E-state index contributed by atoms with van der Waals surface area (Å²) in [5.41, 5.74) is 4.13. The van der Waals surface area contributed by atoms with E-state index >= 15 is 0 Å². The number of hydrogen-bond donors (Lipinski definition) is 1. The molecule has 3 aromatic rings. The summed E-state index contributed by atoms with van der Waals surface area (Å²) in [5.74, 6) is 2.45. The normalized spacial score (nSPS) is 13.6. The zero-order valence-electron chi connectivity index (χ0n) is 13.9. The third kappa shape index (κ3) is 2.64. The number of hydrogen-bond acceptors (Lipinski definition) is 5. The number of aryl methyl sites for hydroxylation is 2. The third-order valence-corrected chi connectivity index (χ3v) is 4.34. The van der Waals surface area contributed by atoms with Crippen LogP contribution in [0.5, 0.6) is 5.88 Å². The maximum absolute atomic E-state index is 5.68. The maximum Gasteiger partial charge on any atom is 0.213 e. The maximum atomic E-state index is 5.68. The number of nitrogens with zero attached hydrogens (tertiary/aromatic N) is 3. The predicted octanol–water partition coefficient (Wildman–Crippen LogP) is 3.94. The molecule has 124 valence electrons. The molecule has 6 heteroatoms. The van der Waals surface area contributed by atoms with Crippen molar-refractivity contribution in [1.29, 1.82) is 0 Å². The van der Waals surface area contributed by atoms with Crippen LogP contribution in [0.3, 0.4) is 0 Å². The van der Waals surface area contributed by atoms with Gasteiger partial charge in [0.05, 0.1) is 30.4 Å². The Balaban J connectivity index is 1.60. The fourth-order valence-corrected chi connectivity index (χ4v) is 3.22. The van der Waals surface area contributed by atoms with Crippen molar-refractivity contribution in [3.05, 3.63) is 42.2 Å². The van der Waals surface area contributed by atoms with E-state index in [9.17, 15) is 0 Å². The molecule has 0 fully saturated rings. The third-order valence-electron chi connectivity index (χ3n) is 4.34. The molecular formula is C18H20N4O2. The number of rotatable bonds is 4. The molecule has 24 heavy (non-hydrogen) atoms. The van der Waals surface area contributed by atoms with Crippen LogP contribution in [0.25, 0.3) is 11.3 Å². The number of furan rings is 1. The van der Waals surface area contributed by atoms with E-state index in [-0.39, 0.29) is 0 Å². The van der Waals surface area contributed by atoms with Crippen molar-refractivity contribution in [3.63, 3.8) is 0 Å². The van der Waals surface area contributed by atoms with E-state index in [1.54, 1.807) is 19.6 Å². The molecule has 0 aromatic carbocycles. The van der Waals surface area contributed by atoms with Gasteiger partial charge in [-0.05, 0) is 25.8 Å². The highest BCUT2D eigenvalue weighted by atomic mass is 16.5. The average molecular weight is 324 g/mol. The van der Waals surface area contributed by atoms with Crippen molar-refractivity contribution >= 4 is 11.6 Å². The summed E-state index contributed by atoms with van der Waals surface area (Å²) in [6, 6.07) is 5.72. The van der Waals surface area contributed by atoms with Crippen molar-refractivity contribution in [2.75, 3.05) is 12.4 Å². The van der Waals surface area contributed by atoms with E-state index in [0.29, 0.717) is 11.8 Å². The standard InChI is InChI=1S/C18H20N4O2/c1-12-18(22-8-4-3-5-15(22)20-12)13-9-17(24-11-13)21-14-6-7-16(23-2)19-10-14/h6-7,9-11,21H,3-5,8H2,1-2H3. The second-order valence-corrected chi connectivity index (χ2v) is 5.98. The first-order valence-electron chi connectivity index (χ1n) is 8.16. The van der Waals surface area contributed by atoms with Crippen LogP contribution in [0.4, 0.5) is 11.6 Å². The second-order valence-electron chi connectivity index (χ2n) is 5.98. The van der Waals surface area contributed by atoms with Crippen LogP contribution in [0.15, 0.2) is 35.1 Å². The topological polar surface area (TPSA) is 65.1 Å². The van der Waals surface area contributed by atoms with Crippen LogP contribution < -0.4 is 10.1 Å². The van der Waals surface area contributed by atoms with Gasteiger partial charge in [-0.15, -0.1) is 0 Å². The van der Waals surface area contributed by atoms with E-state index in [2.05, 4.69) is 21.8 Å².